The number of halogens is 2. The number of anilines is 2. The van der Waals surface area contributed by atoms with E-state index in [1.54, 1.807) is 32.4 Å². The first-order chi connectivity index (χ1) is 13.0. The van der Waals surface area contributed by atoms with Gasteiger partial charge in [-0.1, -0.05) is 6.07 Å². The van der Waals surface area contributed by atoms with E-state index in [1.807, 2.05) is 30.9 Å². The molecule has 0 amide bonds. The third kappa shape index (κ3) is 6.15. The van der Waals surface area contributed by atoms with Gasteiger partial charge in [0.15, 0.2) is 17.5 Å². The van der Waals surface area contributed by atoms with Gasteiger partial charge in [-0.25, -0.2) is 9.38 Å². The topological polar surface area (TPSA) is 72.1 Å². The molecule has 28 heavy (non-hydrogen) atoms. The average molecular weight is 502 g/mol. The predicted octanol–water partition coefficient (Wildman–Crippen LogP) is 4.23. The number of guanidine groups is 1. The number of nitrogens with zero attached hydrogens (tertiary/aromatic N) is 2. The highest BCUT2D eigenvalue weighted by Gasteiger charge is 2.09. The Morgan fingerprint density at radius 1 is 1.07 bits per heavy atom. The number of methoxy groups -OCH3 is 2. The van der Waals surface area contributed by atoms with E-state index in [-0.39, 0.29) is 42.3 Å². The molecule has 2 aromatic rings. The first-order valence-corrected chi connectivity index (χ1v) is 8.84. The molecular formula is C20H28FIN4O2. The minimum Gasteiger partial charge on any atom is -0.493 e. The van der Waals surface area contributed by atoms with Crippen molar-refractivity contribution in [2.45, 2.75) is 20.4 Å². The van der Waals surface area contributed by atoms with E-state index in [4.69, 9.17) is 15.2 Å². The number of rotatable bonds is 8. The van der Waals surface area contributed by atoms with Gasteiger partial charge < -0.3 is 25.4 Å². The Balaban J connectivity index is 0.00000392. The average Bonchev–Trinajstić information content (AvgIpc) is 2.68. The van der Waals surface area contributed by atoms with E-state index >= 15 is 0 Å². The fraction of sp³-hybridized carbons (Fsp3) is 0.350. The Hall–Kier alpha value is -2.23. The quantitative estimate of drug-likeness (QED) is 0.321. The van der Waals surface area contributed by atoms with E-state index in [9.17, 15) is 4.39 Å². The summed E-state index contributed by atoms with van der Waals surface area (Å²) in [6.07, 6.45) is 0. The third-order valence-electron chi connectivity index (χ3n) is 4.20. The number of hydrogen-bond acceptors (Lipinski definition) is 4. The van der Waals surface area contributed by atoms with Crippen LogP contribution in [0.5, 0.6) is 11.5 Å². The first-order valence-electron chi connectivity index (χ1n) is 8.84. The molecule has 0 aliphatic rings. The number of nitrogens with one attached hydrogen (secondary N) is 1. The van der Waals surface area contributed by atoms with Crippen LogP contribution in [0.3, 0.4) is 0 Å². The monoisotopic (exact) mass is 502 g/mol. The summed E-state index contributed by atoms with van der Waals surface area (Å²) in [5.41, 5.74) is 8.01. The van der Waals surface area contributed by atoms with Gasteiger partial charge in [0.25, 0.3) is 0 Å². The molecule has 0 saturated carbocycles. The van der Waals surface area contributed by atoms with Crippen LogP contribution in [-0.4, -0.2) is 33.3 Å². The first kappa shape index (κ1) is 23.8. The van der Waals surface area contributed by atoms with Crippen LogP contribution in [0.1, 0.15) is 19.4 Å². The van der Waals surface area contributed by atoms with Crippen molar-refractivity contribution in [2.24, 2.45) is 10.7 Å². The predicted molar refractivity (Wildman–Crippen MR) is 124 cm³/mol. The van der Waals surface area contributed by atoms with Crippen LogP contribution in [0.25, 0.3) is 0 Å². The molecule has 0 fully saturated rings. The summed E-state index contributed by atoms with van der Waals surface area (Å²) in [4.78, 5) is 6.24. The molecule has 0 saturated heterocycles. The van der Waals surface area contributed by atoms with Crippen LogP contribution < -0.4 is 25.4 Å². The van der Waals surface area contributed by atoms with Crippen molar-refractivity contribution in [1.29, 1.82) is 0 Å². The second kappa shape index (κ2) is 11.6. The number of aliphatic imine (C=N–C) groups is 1. The van der Waals surface area contributed by atoms with Crippen molar-refractivity contribution in [1.82, 2.24) is 0 Å². The van der Waals surface area contributed by atoms with Crippen molar-refractivity contribution in [2.75, 3.05) is 37.5 Å². The molecule has 0 aliphatic carbocycles. The second-order valence-electron chi connectivity index (χ2n) is 5.85. The van der Waals surface area contributed by atoms with Gasteiger partial charge >= 0.3 is 0 Å². The van der Waals surface area contributed by atoms with Gasteiger partial charge in [-0.05, 0) is 43.7 Å². The smallest absolute Gasteiger partial charge is 0.193 e. The van der Waals surface area contributed by atoms with Gasteiger partial charge in [-0.3, -0.25) is 0 Å². The van der Waals surface area contributed by atoms with Gasteiger partial charge in [0.05, 0.1) is 26.5 Å². The molecule has 2 rings (SSSR count). The van der Waals surface area contributed by atoms with E-state index in [0.717, 1.165) is 24.3 Å². The summed E-state index contributed by atoms with van der Waals surface area (Å²) in [6.45, 7) is 5.80. The molecule has 0 unspecified atom stereocenters. The fourth-order valence-electron chi connectivity index (χ4n) is 2.75. The molecular weight excluding hydrogens is 474 g/mol. The number of hydrogen-bond donors (Lipinski definition) is 2. The van der Waals surface area contributed by atoms with Crippen molar-refractivity contribution >= 4 is 41.3 Å². The zero-order chi connectivity index (χ0) is 19.8. The summed E-state index contributed by atoms with van der Waals surface area (Å²) in [6, 6.07) is 10.5. The van der Waals surface area contributed by atoms with Crippen molar-refractivity contribution < 1.29 is 13.9 Å². The highest BCUT2D eigenvalue weighted by atomic mass is 127. The van der Waals surface area contributed by atoms with E-state index in [2.05, 4.69) is 10.3 Å². The summed E-state index contributed by atoms with van der Waals surface area (Å²) in [5.74, 6) is 1.19. The summed E-state index contributed by atoms with van der Waals surface area (Å²) < 4.78 is 24.8. The molecule has 0 heterocycles. The largest absolute Gasteiger partial charge is 0.493 e. The minimum absolute atomic E-state index is 0. The molecule has 6 nitrogen and oxygen atoms in total. The van der Waals surface area contributed by atoms with Gasteiger partial charge in [0.1, 0.15) is 5.82 Å². The van der Waals surface area contributed by atoms with Crippen LogP contribution in [0, 0.1) is 5.82 Å². The minimum atomic E-state index is -0.252. The van der Waals surface area contributed by atoms with Crippen LogP contribution >= 0.6 is 24.0 Å². The van der Waals surface area contributed by atoms with Crippen molar-refractivity contribution in [3.8, 4) is 11.5 Å². The summed E-state index contributed by atoms with van der Waals surface area (Å²) >= 11 is 0. The van der Waals surface area contributed by atoms with Crippen LogP contribution in [0.2, 0.25) is 0 Å². The van der Waals surface area contributed by atoms with E-state index in [1.165, 1.54) is 6.07 Å². The van der Waals surface area contributed by atoms with Gasteiger partial charge in [-0.2, -0.15) is 0 Å². The number of ether oxygens (including phenoxy) is 2. The molecule has 8 heteroatoms. The SMILES string of the molecule is CCN(CC)c1ccc(CN=C(N)Nc2ccc(OC)c(OC)c2)cc1F.I. The lowest BCUT2D eigenvalue weighted by molar-refractivity contribution is 0.355. The lowest BCUT2D eigenvalue weighted by Gasteiger charge is -2.21. The van der Waals surface area contributed by atoms with Gasteiger partial charge in [-0.15, -0.1) is 24.0 Å². The number of benzene rings is 2. The second-order valence-corrected chi connectivity index (χ2v) is 5.85. The molecule has 2 aromatic carbocycles. The van der Waals surface area contributed by atoms with Gasteiger partial charge in [0, 0.05) is 24.8 Å². The third-order valence-corrected chi connectivity index (χ3v) is 4.20. The van der Waals surface area contributed by atoms with Crippen molar-refractivity contribution in [3.05, 3.63) is 47.8 Å². The van der Waals surface area contributed by atoms with Crippen LogP contribution in [0.4, 0.5) is 15.8 Å². The highest BCUT2D eigenvalue weighted by Crippen LogP contribution is 2.29. The summed E-state index contributed by atoms with van der Waals surface area (Å²) in [5, 5.41) is 2.99. The molecule has 3 N–H and O–H groups in total. The highest BCUT2D eigenvalue weighted by molar-refractivity contribution is 14.0. The molecule has 0 spiro atoms. The Bertz CT molecular complexity index is 798. The van der Waals surface area contributed by atoms with Crippen LogP contribution in [-0.2, 0) is 6.54 Å². The maximum absolute atomic E-state index is 14.3. The maximum atomic E-state index is 14.3. The fourth-order valence-corrected chi connectivity index (χ4v) is 2.75. The van der Waals surface area contributed by atoms with Crippen molar-refractivity contribution in [3.63, 3.8) is 0 Å². The normalized spacial score (nSPS) is 10.8. The van der Waals surface area contributed by atoms with E-state index in [0.29, 0.717) is 17.2 Å². The Morgan fingerprint density at radius 3 is 2.32 bits per heavy atom. The standard InChI is InChI=1S/C20H27FN4O2.HI/c1-5-25(6-2)17-9-7-14(11-16(17)21)13-23-20(22)24-15-8-10-18(26-3)19(12-15)27-4;/h7-12H,5-6,13H2,1-4H3,(H3,22,23,24);1H. The van der Waals surface area contributed by atoms with Crippen LogP contribution in [0.15, 0.2) is 41.4 Å². The molecule has 0 radical (unpaired) electrons. The lowest BCUT2D eigenvalue weighted by atomic mass is 10.2. The number of nitrogens with two attached hydrogens (primary N) is 1. The van der Waals surface area contributed by atoms with Gasteiger partial charge in [0.2, 0.25) is 0 Å². The molecule has 154 valence electrons. The maximum Gasteiger partial charge on any atom is 0.193 e. The molecule has 0 aromatic heterocycles. The Morgan fingerprint density at radius 2 is 1.75 bits per heavy atom. The zero-order valence-corrected chi connectivity index (χ0v) is 19.0. The Kier molecular flexibility index (Phi) is 9.84. The van der Waals surface area contributed by atoms with E-state index < -0.39 is 0 Å². The molecule has 0 atom stereocenters. The molecule has 0 aliphatic heterocycles. The summed E-state index contributed by atoms with van der Waals surface area (Å²) in [7, 11) is 3.14. The molecule has 0 bridgehead atoms. The lowest BCUT2D eigenvalue weighted by Crippen LogP contribution is -2.23. The zero-order valence-electron chi connectivity index (χ0n) is 16.7. The Labute approximate surface area is 182 Å².